The number of rotatable bonds is 2. The van der Waals surface area contributed by atoms with Crippen molar-refractivity contribution in [3.05, 3.63) is 107 Å². The van der Waals surface area contributed by atoms with Crippen molar-refractivity contribution in [3.63, 3.8) is 0 Å². The molecule has 0 atom stereocenters. The maximum atomic E-state index is 12.3. The predicted molar refractivity (Wildman–Crippen MR) is 107 cm³/mol. The highest BCUT2D eigenvalue weighted by Gasteiger charge is 2.18. The van der Waals surface area contributed by atoms with Gasteiger partial charge in [-0.2, -0.15) is 0 Å². The van der Waals surface area contributed by atoms with Crippen molar-refractivity contribution in [1.29, 1.82) is 0 Å². The molecule has 2 N–H and O–H groups in total. The average molecular weight is 368 g/mol. The number of phenols is 2. The van der Waals surface area contributed by atoms with E-state index in [1.165, 1.54) is 36.4 Å². The molecule has 0 heterocycles. The minimum absolute atomic E-state index is 0.117. The highest BCUT2D eigenvalue weighted by Crippen LogP contribution is 2.30. The predicted octanol–water partition coefficient (Wildman–Crippen LogP) is 4.14. The Morgan fingerprint density at radius 2 is 0.857 bits per heavy atom. The van der Waals surface area contributed by atoms with Crippen molar-refractivity contribution in [2.45, 2.75) is 0 Å². The Hall–Kier alpha value is -3.92. The molecule has 0 saturated heterocycles. The molecule has 2 aliphatic carbocycles. The third kappa shape index (κ3) is 3.35. The SMILES string of the molecule is O=C1C=C/C(=C2/C=CC(=O)C(c3ccc(O)cc3)=C2)C=C1c1ccc(O)cc1. The molecule has 0 spiro atoms. The minimum atomic E-state index is -0.117. The van der Waals surface area contributed by atoms with E-state index in [0.29, 0.717) is 22.3 Å². The maximum absolute atomic E-state index is 12.3. The number of phenolic OH excluding ortho intramolecular Hbond substituents is 2. The standard InChI is InChI=1S/C24H16O4/c25-19-7-1-15(2-8-19)21-13-17(5-11-23(21)27)18-6-12-24(28)22(14-18)16-3-9-20(26)10-4-16/h1-14,25-26H/b18-17+. The minimum Gasteiger partial charge on any atom is -0.508 e. The van der Waals surface area contributed by atoms with Gasteiger partial charge in [-0.15, -0.1) is 0 Å². The van der Waals surface area contributed by atoms with Gasteiger partial charge < -0.3 is 10.2 Å². The van der Waals surface area contributed by atoms with Crippen molar-refractivity contribution in [1.82, 2.24) is 0 Å². The third-order valence-corrected chi connectivity index (χ3v) is 4.65. The Morgan fingerprint density at radius 1 is 0.500 bits per heavy atom. The summed E-state index contributed by atoms with van der Waals surface area (Å²) >= 11 is 0. The molecule has 2 aromatic carbocycles. The Labute approximate surface area is 161 Å². The number of allylic oxidation sites excluding steroid dienone is 10. The largest absolute Gasteiger partial charge is 0.508 e. The first-order chi connectivity index (χ1) is 13.5. The zero-order valence-corrected chi connectivity index (χ0v) is 14.8. The normalized spacial score (nSPS) is 18.9. The summed E-state index contributed by atoms with van der Waals surface area (Å²) in [6.45, 7) is 0. The van der Waals surface area contributed by atoms with Crippen LogP contribution in [0.25, 0.3) is 11.1 Å². The van der Waals surface area contributed by atoms with Crippen molar-refractivity contribution >= 4 is 22.7 Å². The van der Waals surface area contributed by atoms with Crippen molar-refractivity contribution < 1.29 is 19.8 Å². The average Bonchev–Trinajstić information content (AvgIpc) is 2.70. The molecule has 0 bridgehead atoms. The lowest BCUT2D eigenvalue weighted by molar-refractivity contribution is -0.110. The summed E-state index contributed by atoms with van der Waals surface area (Å²) in [5, 5.41) is 18.9. The van der Waals surface area contributed by atoms with Gasteiger partial charge >= 0.3 is 0 Å². The van der Waals surface area contributed by atoms with E-state index in [1.54, 1.807) is 48.6 Å². The van der Waals surface area contributed by atoms with Crippen LogP contribution in [0.1, 0.15) is 11.1 Å². The van der Waals surface area contributed by atoms with E-state index in [4.69, 9.17) is 0 Å². The molecule has 28 heavy (non-hydrogen) atoms. The van der Waals surface area contributed by atoms with E-state index in [2.05, 4.69) is 0 Å². The molecule has 136 valence electrons. The van der Waals surface area contributed by atoms with Gasteiger partial charge in [-0.05, 0) is 70.8 Å². The van der Waals surface area contributed by atoms with E-state index in [-0.39, 0.29) is 23.1 Å². The molecular formula is C24H16O4. The first-order valence-corrected chi connectivity index (χ1v) is 8.72. The number of carbonyl (C=O) groups excluding carboxylic acids is 2. The molecular weight excluding hydrogens is 352 g/mol. The molecule has 0 fully saturated rings. The highest BCUT2D eigenvalue weighted by atomic mass is 16.3. The molecule has 4 heteroatoms. The van der Waals surface area contributed by atoms with Crippen LogP contribution in [0.5, 0.6) is 11.5 Å². The molecule has 0 unspecified atom stereocenters. The van der Waals surface area contributed by atoms with Crippen molar-refractivity contribution in [2.24, 2.45) is 0 Å². The second-order valence-electron chi connectivity index (χ2n) is 6.52. The van der Waals surface area contributed by atoms with Crippen LogP contribution in [0.4, 0.5) is 0 Å². The van der Waals surface area contributed by atoms with Crippen LogP contribution in [-0.4, -0.2) is 21.8 Å². The summed E-state index contributed by atoms with van der Waals surface area (Å²) in [6, 6.07) is 12.9. The highest BCUT2D eigenvalue weighted by molar-refractivity contribution is 6.29. The monoisotopic (exact) mass is 368 g/mol. The molecule has 2 aliphatic rings. The number of ketones is 2. The van der Waals surface area contributed by atoms with Gasteiger partial charge in [0.25, 0.3) is 0 Å². The van der Waals surface area contributed by atoms with Crippen LogP contribution in [0, 0.1) is 0 Å². The van der Waals surface area contributed by atoms with Crippen LogP contribution >= 0.6 is 0 Å². The van der Waals surface area contributed by atoms with Crippen LogP contribution in [0.15, 0.2) is 96.1 Å². The first-order valence-electron chi connectivity index (χ1n) is 8.72. The smallest absolute Gasteiger partial charge is 0.186 e. The summed E-state index contributed by atoms with van der Waals surface area (Å²) < 4.78 is 0. The van der Waals surface area contributed by atoms with E-state index in [1.807, 2.05) is 0 Å². The molecule has 2 aromatic rings. The lowest BCUT2D eigenvalue weighted by Crippen LogP contribution is -2.06. The van der Waals surface area contributed by atoms with E-state index < -0.39 is 0 Å². The Balaban J connectivity index is 1.78. The second kappa shape index (κ2) is 7.00. The number of hydrogen-bond acceptors (Lipinski definition) is 4. The van der Waals surface area contributed by atoms with Gasteiger partial charge in [0.2, 0.25) is 0 Å². The summed E-state index contributed by atoms with van der Waals surface area (Å²) in [5.41, 5.74) is 4.09. The van der Waals surface area contributed by atoms with Crippen molar-refractivity contribution in [2.75, 3.05) is 0 Å². The summed E-state index contributed by atoms with van der Waals surface area (Å²) in [6.07, 6.45) is 10.0. The lowest BCUT2D eigenvalue weighted by atomic mass is 9.88. The Bertz CT molecular complexity index is 1030. The van der Waals surface area contributed by atoms with Crippen LogP contribution in [-0.2, 0) is 9.59 Å². The summed E-state index contributed by atoms with van der Waals surface area (Å²) in [4.78, 5) is 24.7. The molecule has 0 saturated carbocycles. The number of carbonyl (C=O) groups is 2. The van der Waals surface area contributed by atoms with E-state index in [0.717, 1.165) is 11.1 Å². The third-order valence-electron chi connectivity index (χ3n) is 4.65. The number of hydrogen-bond donors (Lipinski definition) is 2. The zero-order chi connectivity index (χ0) is 19.7. The van der Waals surface area contributed by atoms with Crippen LogP contribution in [0.3, 0.4) is 0 Å². The van der Waals surface area contributed by atoms with Gasteiger partial charge in [0.15, 0.2) is 11.6 Å². The summed E-state index contributed by atoms with van der Waals surface area (Å²) in [7, 11) is 0. The lowest BCUT2D eigenvalue weighted by Gasteiger charge is -2.15. The van der Waals surface area contributed by atoms with Gasteiger partial charge in [0.05, 0.1) is 0 Å². The molecule has 4 nitrogen and oxygen atoms in total. The fourth-order valence-electron chi connectivity index (χ4n) is 3.15. The van der Waals surface area contributed by atoms with Crippen LogP contribution in [0.2, 0.25) is 0 Å². The maximum Gasteiger partial charge on any atom is 0.186 e. The molecule has 0 amide bonds. The summed E-state index contributed by atoms with van der Waals surface area (Å²) in [5.74, 6) is 0.0381. The molecule has 4 rings (SSSR count). The Morgan fingerprint density at radius 3 is 1.21 bits per heavy atom. The van der Waals surface area contributed by atoms with Crippen molar-refractivity contribution in [3.8, 4) is 11.5 Å². The molecule has 0 radical (unpaired) electrons. The topological polar surface area (TPSA) is 74.6 Å². The van der Waals surface area contributed by atoms with E-state index in [9.17, 15) is 19.8 Å². The fraction of sp³-hybridized carbons (Fsp3) is 0. The first kappa shape index (κ1) is 17.5. The molecule has 0 aromatic heterocycles. The fourth-order valence-corrected chi connectivity index (χ4v) is 3.15. The van der Waals surface area contributed by atoms with Gasteiger partial charge in [-0.3, -0.25) is 9.59 Å². The second-order valence-corrected chi connectivity index (χ2v) is 6.52. The van der Waals surface area contributed by atoms with Crippen LogP contribution < -0.4 is 0 Å². The van der Waals surface area contributed by atoms with Gasteiger partial charge in [0.1, 0.15) is 11.5 Å². The zero-order valence-electron chi connectivity index (χ0n) is 14.8. The van der Waals surface area contributed by atoms with Gasteiger partial charge in [0, 0.05) is 11.1 Å². The van der Waals surface area contributed by atoms with E-state index >= 15 is 0 Å². The number of benzene rings is 2. The van der Waals surface area contributed by atoms with Gasteiger partial charge in [-0.1, -0.05) is 36.4 Å². The molecule has 0 aliphatic heterocycles. The Kier molecular flexibility index (Phi) is 4.38. The quantitative estimate of drug-likeness (QED) is 0.835. The number of aromatic hydroxyl groups is 2. The van der Waals surface area contributed by atoms with Gasteiger partial charge in [-0.25, -0.2) is 0 Å².